The van der Waals surface area contributed by atoms with Crippen molar-refractivity contribution in [3.8, 4) is 11.3 Å². The van der Waals surface area contributed by atoms with E-state index in [2.05, 4.69) is 57.7 Å². The van der Waals surface area contributed by atoms with Crippen LogP contribution in [0.15, 0.2) is 85.2 Å². The number of hydrogen-bond donors (Lipinski definition) is 1. The Bertz CT molecular complexity index is 1130. The number of pyridine rings is 1. The van der Waals surface area contributed by atoms with Gasteiger partial charge in [0, 0.05) is 43.7 Å². The molecule has 30 heavy (non-hydrogen) atoms. The summed E-state index contributed by atoms with van der Waals surface area (Å²) in [6.07, 6.45) is 4.66. The van der Waals surface area contributed by atoms with Crippen LogP contribution >= 0.6 is 0 Å². The van der Waals surface area contributed by atoms with Crippen molar-refractivity contribution in [1.29, 1.82) is 0 Å². The van der Waals surface area contributed by atoms with E-state index in [4.69, 9.17) is 9.97 Å². The summed E-state index contributed by atoms with van der Waals surface area (Å²) in [5.41, 5.74) is 5.90. The minimum Gasteiger partial charge on any atom is -0.366 e. The number of nitrogens with zero attached hydrogens (tertiary/aromatic N) is 4. The normalized spacial score (nSPS) is 13.0. The molecule has 0 bridgehead atoms. The van der Waals surface area contributed by atoms with Crippen molar-refractivity contribution in [2.24, 2.45) is 0 Å². The molecule has 4 aromatic rings. The fourth-order valence-electron chi connectivity index (χ4n) is 3.79. The Morgan fingerprint density at radius 3 is 2.53 bits per heavy atom. The molecule has 3 heterocycles. The Balaban J connectivity index is 1.47. The zero-order chi connectivity index (χ0) is 20.2. The van der Waals surface area contributed by atoms with E-state index in [0.29, 0.717) is 6.54 Å². The first kappa shape index (κ1) is 18.3. The number of rotatable bonds is 5. The molecule has 5 rings (SSSR count). The molecule has 2 aromatic heterocycles. The number of fused-ring (bicyclic) bond motifs is 1. The summed E-state index contributed by atoms with van der Waals surface area (Å²) in [5.74, 6) is 1.58. The number of nitrogens with one attached hydrogen (secondary N) is 1. The summed E-state index contributed by atoms with van der Waals surface area (Å²) >= 11 is 0. The van der Waals surface area contributed by atoms with E-state index >= 15 is 0 Å². The zero-order valence-electron chi connectivity index (χ0n) is 16.7. The van der Waals surface area contributed by atoms with Crippen molar-refractivity contribution >= 4 is 11.8 Å². The Kier molecular flexibility index (Phi) is 5.08. The maximum atomic E-state index is 4.92. The third-order valence-electron chi connectivity index (χ3n) is 5.39. The lowest BCUT2D eigenvalue weighted by molar-refractivity contribution is 0.708. The first-order valence-electron chi connectivity index (χ1n) is 10.2. The molecule has 0 spiro atoms. The molecule has 0 atom stereocenters. The van der Waals surface area contributed by atoms with Gasteiger partial charge in [-0.15, -0.1) is 0 Å². The molecule has 0 unspecified atom stereocenters. The molecule has 0 saturated carbocycles. The largest absolute Gasteiger partial charge is 0.366 e. The van der Waals surface area contributed by atoms with Crippen LogP contribution in [0.2, 0.25) is 0 Å². The van der Waals surface area contributed by atoms with E-state index in [0.717, 1.165) is 48.1 Å². The summed E-state index contributed by atoms with van der Waals surface area (Å²) in [6.45, 7) is 2.41. The highest BCUT2D eigenvalue weighted by Crippen LogP contribution is 2.27. The second-order valence-corrected chi connectivity index (χ2v) is 7.46. The van der Waals surface area contributed by atoms with Crippen LogP contribution < -0.4 is 10.2 Å². The van der Waals surface area contributed by atoms with Gasteiger partial charge >= 0.3 is 0 Å². The van der Waals surface area contributed by atoms with Crippen LogP contribution in [0.5, 0.6) is 0 Å². The van der Waals surface area contributed by atoms with Crippen LogP contribution in [0.4, 0.5) is 11.8 Å². The van der Waals surface area contributed by atoms with Crippen molar-refractivity contribution in [3.63, 3.8) is 0 Å². The Morgan fingerprint density at radius 2 is 1.70 bits per heavy atom. The Labute approximate surface area is 176 Å². The third kappa shape index (κ3) is 4.01. The predicted octanol–water partition coefficient (Wildman–Crippen LogP) is 4.71. The smallest absolute Gasteiger partial charge is 0.228 e. The van der Waals surface area contributed by atoms with E-state index in [1.165, 1.54) is 11.1 Å². The second kappa shape index (κ2) is 8.33. The fraction of sp³-hybridized carbons (Fsp3) is 0.160. The number of hydrogen-bond acceptors (Lipinski definition) is 5. The van der Waals surface area contributed by atoms with Crippen LogP contribution in [0.25, 0.3) is 11.3 Å². The molecule has 2 aromatic carbocycles. The van der Waals surface area contributed by atoms with Gasteiger partial charge in [-0.1, -0.05) is 60.7 Å². The van der Waals surface area contributed by atoms with Crippen LogP contribution in [0, 0.1) is 0 Å². The van der Waals surface area contributed by atoms with Crippen molar-refractivity contribution in [2.75, 3.05) is 16.8 Å². The average molecular weight is 393 g/mol. The summed E-state index contributed by atoms with van der Waals surface area (Å²) < 4.78 is 0. The fourth-order valence-corrected chi connectivity index (χ4v) is 3.79. The lowest BCUT2D eigenvalue weighted by Gasteiger charge is -2.29. The van der Waals surface area contributed by atoms with Crippen molar-refractivity contribution in [2.45, 2.75) is 19.5 Å². The molecule has 1 aliphatic rings. The summed E-state index contributed by atoms with van der Waals surface area (Å²) in [6, 6.07) is 24.9. The highest BCUT2D eigenvalue weighted by atomic mass is 15.3. The maximum Gasteiger partial charge on any atom is 0.228 e. The van der Waals surface area contributed by atoms with Crippen molar-refractivity contribution < 1.29 is 0 Å². The van der Waals surface area contributed by atoms with E-state index < -0.39 is 0 Å². The van der Waals surface area contributed by atoms with Gasteiger partial charge in [-0.25, -0.2) is 4.98 Å². The van der Waals surface area contributed by atoms with Crippen LogP contribution in [-0.4, -0.2) is 21.5 Å². The Hall–Kier alpha value is -3.73. The average Bonchev–Trinajstić information content (AvgIpc) is 2.83. The van der Waals surface area contributed by atoms with Gasteiger partial charge < -0.3 is 10.2 Å². The van der Waals surface area contributed by atoms with E-state index in [1.54, 1.807) is 6.20 Å². The first-order valence-corrected chi connectivity index (χ1v) is 10.2. The topological polar surface area (TPSA) is 53.9 Å². The number of benzene rings is 2. The van der Waals surface area contributed by atoms with Gasteiger partial charge in [-0.3, -0.25) is 4.98 Å². The highest BCUT2D eigenvalue weighted by molar-refractivity contribution is 5.64. The SMILES string of the molecule is c1ccc(-c2cc(NCc3cccnc3)nc(N3CCc4ccccc4C3)n2)cc1. The lowest BCUT2D eigenvalue weighted by atomic mass is 10.0. The Morgan fingerprint density at radius 1 is 0.867 bits per heavy atom. The quantitative estimate of drug-likeness (QED) is 0.532. The molecular weight excluding hydrogens is 370 g/mol. The molecule has 0 amide bonds. The van der Waals surface area contributed by atoms with Crippen molar-refractivity contribution in [3.05, 3.63) is 102 Å². The van der Waals surface area contributed by atoms with Gasteiger partial charge in [0.1, 0.15) is 5.82 Å². The predicted molar refractivity (Wildman–Crippen MR) is 120 cm³/mol. The maximum absolute atomic E-state index is 4.92. The molecule has 0 fully saturated rings. The molecule has 5 heteroatoms. The summed E-state index contributed by atoms with van der Waals surface area (Å²) in [4.78, 5) is 16.2. The highest BCUT2D eigenvalue weighted by Gasteiger charge is 2.19. The van der Waals surface area contributed by atoms with Crippen LogP contribution in [-0.2, 0) is 19.5 Å². The lowest BCUT2D eigenvalue weighted by Crippen LogP contribution is -2.32. The van der Waals surface area contributed by atoms with Gasteiger partial charge in [0.2, 0.25) is 5.95 Å². The van der Waals surface area contributed by atoms with E-state index in [1.807, 2.05) is 36.5 Å². The minimum absolute atomic E-state index is 0.668. The standard InChI is InChI=1S/C25H23N5/c1-2-9-21(10-3-1)23-15-24(27-17-19-7-6-13-26-16-19)29-25(28-23)30-14-12-20-8-4-5-11-22(20)18-30/h1-11,13,15-16H,12,14,17-18H2,(H,27,28,29). The van der Waals surface area contributed by atoms with Gasteiger partial charge in [0.05, 0.1) is 5.69 Å². The molecule has 0 aliphatic carbocycles. The molecule has 5 nitrogen and oxygen atoms in total. The van der Waals surface area contributed by atoms with Gasteiger partial charge in [0.25, 0.3) is 0 Å². The second-order valence-electron chi connectivity index (χ2n) is 7.46. The number of anilines is 2. The molecule has 0 radical (unpaired) electrons. The summed E-state index contributed by atoms with van der Waals surface area (Å²) in [5, 5.41) is 3.45. The van der Waals surface area contributed by atoms with Gasteiger partial charge in [0.15, 0.2) is 0 Å². The van der Waals surface area contributed by atoms with E-state index in [-0.39, 0.29) is 0 Å². The molecular formula is C25H23N5. The molecule has 1 aliphatic heterocycles. The van der Waals surface area contributed by atoms with E-state index in [9.17, 15) is 0 Å². The molecule has 0 saturated heterocycles. The number of aromatic nitrogens is 3. The van der Waals surface area contributed by atoms with Crippen LogP contribution in [0.1, 0.15) is 16.7 Å². The van der Waals surface area contributed by atoms with Crippen LogP contribution in [0.3, 0.4) is 0 Å². The summed E-state index contributed by atoms with van der Waals surface area (Å²) in [7, 11) is 0. The molecule has 148 valence electrons. The molecule has 1 N–H and O–H groups in total. The van der Waals surface area contributed by atoms with Gasteiger partial charge in [-0.2, -0.15) is 4.98 Å². The third-order valence-corrected chi connectivity index (χ3v) is 5.39. The zero-order valence-corrected chi connectivity index (χ0v) is 16.7. The minimum atomic E-state index is 0.668. The first-order chi connectivity index (χ1) is 14.8. The monoisotopic (exact) mass is 393 g/mol. The van der Waals surface area contributed by atoms with Crippen molar-refractivity contribution in [1.82, 2.24) is 15.0 Å². The van der Waals surface area contributed by atoms with Gasteiger partial charge in [-0.05, 0) is 29.2 Å².